The normalized spacial score (nSPS) is 36.1. The van der Waals surface area contributed by atoms with E-state index in [2.05, 4.69) is 6.92 Å². The molecular formula is C8H14O. The molecule has 0 spiro atoms. The number of carbonyl (C=O) groups excluding carboxylic acids is 1. The van der Waals surface area contributed by atoms with Crippen LogP contribution in [0.4, 0.5) is 0 Å². The minimum absolute atomic E-state index is 0.374. The summed E-state index contributed by atoms with van der Waals surface area (Å²) in [5.41, 5.74) is 0. The highest BCUT2D eigenvalue weighted by Gasteiger charge is 2.19. The van der Waals surface area contributed by atoms with Gasteiger partial charge in [-0.05, 0) is 12.3 Å². The Balaban J connectivity index is 2.38. The highest BCUT2D eigenvalue weighted by molar-refractivity contribution is 5.54. The zero-order valence-electron chi connectivity index (χ0n) is 5.97. The van der Waals surface area contributed by atoms with Gasteiger partial charge in [0, 0.05) is 5.92 Å². The van der Waals surface area contributed by atoms with Crippen molar-refractivity contribution < 1.29 is 4.79 Å². The summed E-state index contributed by atoms with van der Waals surface area (Å²) < 4.78 is 0. The fourth-order valence-electron chi connectivity index (χ4n) is 1.55. The van der Waals surface area contributed by atoms with Gasteiger partial charge in [0.25, 0.3) is 0 Å². The first-order valence-electron chi connectivity index (χ1n) is 3.80. The monoisotopic (exact) mass is 126 g/mol. The molecule has 0 N–H and O–H groups in total. The summed E-state index contributed by atoms with van der Waals surface area (Å²) in [7, 11) is 0. The van der Waals surface area contributed by atoms with Gasteiger partial charge in [-0.3, -0.25) is 0 Å². The highest BCUT2D eigenvalue weighted by atomic mass is 16.1. The van der Waals surface area contributed by atoms with Crippen LogP contribution in [0.15, 0.2) is 0 Å². The van der Waals surface area contributed by atoms with Crippen molar-refractivity contribution in [3.8, 4) is 0 Å². The molecule has 1 rings (SSSR count). The number of hydrogen-bond donors (Lipinski definition) is 0. The van der Waals surface area contributed by atoms with E-state index in [0.29, 0.717) is 11.8 Å². The molecule has 0 aromatic rings. The molecule has 1 aliphatic carbocycles. The van der Waals surface area contributed by atoms with Gasteiger partial charge in [-0.1, -0.05) is 26.2 Å². The molecule has 1 aliphatic rings. The van der Waals surface area contributed by atoms with E-state index in [1.54, 1.807) is 0 Å². The van der Waals surface area contributed by atoms with Gasteiger partial charge in [0.1, 0.15) is 6.29 Å². The van der Waals surface area contributed by atoms with E-state index in [1.807, 2.05) is 0 Å². The number of carbonyl (C=O) groups is 1. The van der Waals surface area contributed by atoms with Crippen LogP contribution < -0.4 is 0 Å². The molecule has 0 aromatic carbocycles. The quantitative estimate of drug-likeness (QED) is 0.491. The van der Waals surface area contributed by atoms with Crippen molar-refractivity contribution in [1.29, 1.82) is 0 Å². The zero-order chi connectivity index (χ0) is 6.69. The number of aldehydes is 1. The summed E-state index contributed by atoms with van der Waals surface area (Å²) in [5, 5.41) is 0. The lowest BCUT2D eigenvalue weighted by Crippen LogP contribution is -2.17. The first-order chi connectivity index (χ1) is 4.34. The average Bonchev–Trinajstić information content (AvgIpc) is 1.89. The van der Waals surface area contributed by atoms with E-state index in [1.165, 1.54) is 19.3 Å². The maximum Gasteiger partial charge on any atom is 0.123 e. The molecular weight excluding hydrogens is 112 g/mol. The molecule has 0 bridgehead atoms. The molecule has 1 saturated carbocycles. The van der Waals surface area contributed by atoms with E-state index in [4.69, 9.17) is 0 Å². The fraction of sp³-hybridized carbons (Fsp3) is 0.875. The van der Waals surface area contributed by atoms with Crippen LogP contribution in [-0.4, -0.2) is 6.29 Å². The molecule has 1 nitrogen and oxygen atoms in total. The van der Waals surface area contributed by atoms with Gasteiger partial charge in [0.15, 0.2) is 0 Å². The lowest BCUT2D eigenvalue weighted by molar-refractivity contribution is -0.113. The van der Waals surface area contributed by atoms with Crippen molar-refractivity contribution >= 4 is 6.29 Å². The molecule has 0 aliphatic heterocycles. The predicted molar refractivity (Wildman–Crippen MR) is 37.2 cm³/mol. The summed E-state index contributed by atoms with van der Waals surface area (Å²) in [5.74, 6) is 1.02. The van der Waals surface area contributed by atoms with Crippen LogP contribution in [0, 0.1) is 11.8 Å². The third-order valence-electron chi connectivity index (χ3n) is 2.35. The Bertz CT molecular complexity index is 98.7. The second kappa shape index (κ2) is 3.00. The smallest absolute Gasteiger partial charge is 0.123 e. The number of rotatable bonds is 1. The van der Waals surface area contributed by atoms with Gasteiger partial charge in [-0.25, -0.2) is 0 Å². The van der Waals surface area contributed by atoms with Crippen molar-refractivity contribution in [1.82, 2.24) is 0 Å². The van der Waals surface area contributed by atoms with Crippen molar-refractivity contribution in [2.75, 3.05) is 0 Å². The van der Waals surface area contributed by atoms with E-state index >= 15 is 0 Å². The lowest BCUT2D eigenvalue weighted by Gasteiger charge is -2.23. The molecule has 0 unspecified atom stereocenters. The minimum atomic E-state index is 0.374. The summed E-state index contributed by atoms with van der Waals surface area (Å²) in [6.07, 6.45) is 6.09. The Morgan fingerprint density at radius 2 is 2.00 bits per heavy atom. The van der Waals surface area contributed by atoms with Gasteiger partial charge in [-0.2, -0.15) is 0 Å². The summed E-state index contributed by atoms with van der Waals surface area (Å²) in [6.45, 7) is 2.18. The standard InChI is InChI=1S/C8H14O/c1-7-4-2-3-5-8(7)6-9/h6-8H,2-5H2,1H3/t7-,8-/m0/s1. The molecule has 0 amide bonds. The van der Waals surface area contributed by atoms with Gasteiger partial charge in [-0.15, -0.1) is 0 Å². The SMILES string of the molecule is C[C@H]1CCCC[C@H]1C=O. The topological polar surface area (TPSA) is 17.1 Å². The second-order valence-corrected chi connectivity index (χ2v) is 3.06. The second-order valence-electron chi connectivity index (χ2n) is 3.06. The van der Waals surface area contributed by atoms with Crippen LogP contribution >= 0.6 is 0 Å². The summed E-state index contributed by atoms with van der Waals surface area (Å²) in [4.78, 5) is 10.4. The Labute approximate surface area is 56.4 Å². The van der Waals surface area contributed by atoms with Crippen molar-refractivity contribution in [2.24, 2.45) is 11.8 Å². The van der Waals surface area contributed by atoms with Crippen LogP contribution in [0.1, 0.15) is 32.6 Å². The molecule has 2 atom stereocenters. The van der Waals surface area contributed by atoms with Gasteiger partial charge >= 0.3 is 0 Å². The van der Waals surface area contributed by atoms with Gasteiger partial charge in [0.05, 0.1) is 0 Å². The molecule has 1 heteroatoms. The Hall–Kier alpha value is -0.330. The molecule has 0 radical (unpaired) electrons. The van der Waals surface area contributed by atoms with Crippen LogP contribution in [0.2, 0.25) is 0 Å². The van der Waals surface area contributed by atoms with Gasteiger partial charge < -0.3 is 4.79 Å². The maximum atomic E-state index is 10.4. The minimum Gasteiger partial charge on any atom is -0.303 e. The van der Waals surface area contributed by atoms with E-state index < -0.39 is 0 Å². The van der Waals surface area contributed by atoms with Crippen LogP contribution in [-0.2, 0) is 4.79 Å². The molecule has 0 saturated heterocycles. The lowest BCUT2D eigenvalue weighted by atomic mass is 9.81. The molecule has 0 heterocycles. The van der Waals surface area contributed by atoms with Crippen molar-refractivity contribution in [3.05, 3.63) is 0 Å². The molecule has 1 fully saturated rings. The van der Waals surface area contributed by atoms with Crippen LogP contribution in [0.5, 0.6) is 0 Å². The zero-order valence-corrected chi connectivity index (χ0v) is 5.97. The highest BCUT2D eigenvalue weighted by Crippen LogP contribution is 2.27. The molecule has 0 aromatic heterocycles. The average molecular weight is 126 g/mol. The summed E-state index contributed by atoms with van der Waals surface area (Å²) >= 11 is 0. The largest absolute Gasteiger partial charge is 0.303 e. The maximum absolute atomic E-state index is 10.4. The van der Waals surface area contributed by atoms with Crippen LogP contribution in [0.25, 0.3) is 0 Å². The Morgan fingerprint density at radius 1 is 1.33 bits per heavy atom. The molecule has 52 valence electrons. The van der Waals surface area contributed by atoms with E-state index in [0.717, 1.165) is 12.7 Å². The van der Waals surface area contributed by atoms with Crippen molar-refractivity contribution in [3.63, 3.8) is 0 Å². The predicted octanol–water partition coefficient (Wildman–Crippen LogP) is 2.01. The van der Waals surface area contributed by atoms with Gasteiger partial charge in [0.2, 0.25) is 0 Å². The third-order valence-corrected chi connectivity index (χ3v) is 2.35. The molecule has 9 heavy (non-hydrogen) atoms. The Kier molecular flexibility index (Phi) is 2.26. The van der Waals surface area contributed by atoms with Crippen molar-refractivity contribution in [2.45, 2.75) is 32.6 Å². The Morgan fingerprint density at radius 3 is 2.44 bits per heavy atom. The first kappa shape index (κ1) is 6.79. The van der Waals surface area contributed by atoms with E-state index in [9.17, 15) is 4.79 Å². The van der Waals surface area contributed by atoms with E-state index in [-0.39, 0.29) is 0 Å². The summed E-state index contributed by atoms with van der Waals surface area (Å²) in [6, 6.07) is 0. The fourth-order valence-corrected chi connectivity index (χ4v) is 1.55. The first-order valence-corrected chi connectivity index (χ1v) is 3.80. The number of hydrogen-bond acceptors (Lipinski definition) is 1. The van der Waals surface area contributed by atoms with Crippen LogP contribution in [0.3, 0.4) is 0 Å². The third kappa shape index (κ3) is 1.54.